The summed E-state index contributed by atoms with van der Waals surface area (Å²) in [5.74, 6) is 0.563. The van der Waals surface area contributed by atoms with Crippen LogP contribution in [0.1, 0.15) is 18.0 Å². The molecular weight excluding hydrogens is 214 g/mol. The van der Waals surface area contributed by atoms with Gasteiger partial charge in [-0.15, -0.1) is 0 Å². The minimum absolute atomic E-state index is 0.238. The van der Waals surface area contributed by atoms with Gasteiger partial charge in [-0.05, 0) is 29.5 Å². The van der Waals surface area contributed by atoms with E-state index in [0.717, 1.165) is 17.2 Å². The Morgan fingerprint density at radius 1 is 1.35 bits per heavy atom. The standard InChI is InChI=1S/C13H15N3O/c14-13-11-2-1-9(5-8(11)3-4-15-13)12-6-10(17)7-16-12/h1-5,10,12,16-17H,6-7H2,(H2,14,15)/t10-,12+/m0/s1. The van der Waals surface area contributed by atoms with E-state index in [9.17, 15) is 5.11 Å². The number of nitrogens with zero attached hydrogens (tertiary/aromatic N) is 1. The van der Waals surface area contributed by atoms with Crippen LogP contribution in [-0.4, -0.2) is 22.7 Å². The molecule has 0 saturated carbocycles. The average molecular weight is 229 g/mol. The number of nitrogens with two attached hydrogens (primary N) is 1. The maximum atomic E-state index is 9.53. The van der Waals surface area contributed by atoms with Gasteiger partial charge in [0.25, 0.3) is 0 Å². The molecule has 0 radical (unpaired) electrons. The molecule has 0 spiro atoms. The van der Waals surface area contributed by atoms with Crippen molar-refractivity contribution in [2.75, 3.05) is 12.3 Å². The van der Waals surface area contributed by atoms with Crippen molar-refractivity contribution in [2.45, 2.75) is 18.6 Å². The fraction of sp³-hybridized carbons (Fsp3) is 0.308. The molecule has 1 aromatic carbocycles. The summed E-state index contributed by atoms with van der Waals surface area (Å²) in [7, 11) is 0. The fourth-order valence-corrected chi connectivity index (χ4v) is 2.41. The van der Waals surface area contributed by atoms with Crippen LogP contribution < -0.4 is 11.1 Å². The van der Waals surface area contributed by atoms with Crippen molar-refractivity contribution in [3.63, 3.8) is 0 Å². The SMILES string of the molecule is Nc1nccc2cc([C@H]3C[C@H](O)CN3)ccc12. The van der Waals surface area contributed by atoms with Gasteiger partial charge in [-0.3, -0.25) is 0 Å². The summed E-state index contributed by atoms with van der Waals surface area (Å²) in [5, 5.41) is 14.9. The van der Waals surface area contributed by atoms with Gasteiger partial charge in [0.15, 0.2) is 0 Å². The first-order valence-corrected chi connectivity index (χ1v) is 5.79. The molecule has 4 heteroatoms. The van der Waals surface area contributed by atoms with Gasteiger partial charge in [-0.1, -0.05) is 12.1 Å². The number of nitrogens with one attached hydrogen (secondary N) is 1. The highest BCUT2D eigenvalue weighted by Gasteiger charge is 2.23. The fourth-order valence-electron chi connectivity index (χ4n) is 2.41. The van der Waals surface area contributed by atoms with Crippen molar-refractivity contribution >= 4 is 16.6 Å². The van der Waals surface area contributed by atoms with Gasteiger partial charge >= 0.3 is 0 Å². The lowest BCUT2D eigenvalue weighted by atomic mass is 10.0. The Balaban J connectivity index is 2.02. The first-order chi connectivity index (χ1) is 8.24. The number of aliphatic hydroxyl groups excluding tert-OH is 1. The number of aliphatic hydroxyl groups is 1. The van der Waals surface area contributed by atoms with Crippen LogP contribution in [-0.2, 0) is 0 Å². The lowest BCUT2D eigenvalue weighted by Gasteiger charge is -2.11. The Morgan fingerprint density at radius 3 is 3.00 bits per heavy atom. The van der Waals surface area contributed by atoms with E-state index in [-0.39, 0.29) is 12.1 Å². The first kappa shape index (κ1) is 10.5. The Kier molecular flexibility index (Phi) is 2.46. The number of hydrogen-bond donors (Lipinski definition) is 3. The van der Waals surface area contributed by atoms with E-state index >= 15 is 0 Å². The zero-order chi connectivity index (χ0) is 11.8. The largest absolute Gasteiger partial charge is 0.392 e. The molecule has 3 rings (SSSR count). The maximum absolute atomic E-state index is 9.53. The summed E-state index contributed by atoms with van der Waals surface area (Å²) in [6.07, 6.45) is 2.25. The second-order valence-electron chi connectivity index (χ2n) is 4.53. The predicted octanol–water partition coefficient (Wildman–Crippen LogP) is 1.21. The molecule has 2 aromatic rings. The summed E-state index contributed by atoms with van der Waals surface area (Å²) < 4.78 is 0. The van der Waals surface area contributed by atoms with E-state index in [1.165, 1.54) is 5.56 Å². The molecule has 0 aliphatic carbocycles. The molecule has 17 heavy (non-hydrogen) atoms. The summed E-state index contributed by atoms with van der Waals surface area (Å²) >= 11 is 0. The van der Waals surface area contributed by atoms with Crippen LogP contribution in [0.15, 0.2) is 30.5 Å². The van der Waals surface area contributed by atoms with Crippen molar-refractivity contribution in [2.24, 2.45) is 0 Å². The van der Waals surface area contributed by atoms with Crippen LogP contribution in [0.25, 0.3) is 10.8 Å². The Bertz CT molecular complexity index is 555. The number of nitrogen functional groups attached to an aromatic ring is 1. The van der Waals surface area contributed by atoms with E-state index < -0.39 is 0 Å². The molecule has 1 aromatic heterocycles. The molecule has 2 atom stereocenters. The molecule has 1 saturated heterocycles. The average Bonchev–Trinajstić information content (AvgIpc) is 2.76. The van der Waals surface area contributed by atoms with Crippen molar-refractivity contribution in [3.05, 3.63) is 36.0 Å². The second kappa shape index (κ2) is 3.98. The first-order valence-electron chi connectivity index (χ1n) is 5.79. The van der Waals surface area contributed by atoms with Gasteiger partial charge in [-0.25, -0.2) is 4.98 Å². The lowest BCUT2D eigenvalue weighted by molar-refractivity contribution is 0.193. The van der Waals surface area contributed by atoms with Crippen LogP contribution in [0.2, 0.25) is 0 Å². The molecule has 1 aliphatic rings. The van der Waals surface area contributed by atoms with Crippen molar-refractivity contribution in [1.82, 2.24) is 10.3 Å². The zero-order valence-electron chi connectivity index (χ0n) is 9.43. The number of β-amino-alcohol motifs (C(OH)–C–C–N with tert-alkyl or cyclic N) is 1. The van der Waals surface area contributed by atoms with Crippen molar-refractivity contribution in [1.29, 1.82) is 0 Å². The summed E-state index contributed by atoms with van der Waals surface area (Å²) in [4.78, 5) is 4.07. The Morgan fingerprint density at radius 2 is 2.24 bits per heavy atom. The highest BCUT2D eigenvalue weighted by Crippen LogP contribution is 2.27. The molecule has 4 nitrogen and oxygen atoms in total. The van der Waals surface area contributed by atoms with Crippen molar-refractivity contribution < 1.29 is 5.11 Å². The highest BCUT2D eigenvalue weighted by molar-refractivity contribution is 5.91. The van der Waals surface area contributed by atoms with Gasteiger partial charge in [0.1, 0.15) is 5.82 Å². The molecule has 0 bridgehead atoms. The molecule has 4 N–H and O–H groups in total. The number of pyridine rings is 1. The monoisotopic (exact) mass is 229 g/mol. The van der Waals surface area contributed by atoms with Gasteiger partial charge in [0.05, 0.1) is 6.10 Å². The van der Waals surface area contributed by atoms with Crippen LogP contribution in [0, 0.1) is 0 Å². The van der Waals surface area contributed by atoms with E-state index in [1.54, 1.807) is 6.20 Å². The molecule has 1 fully saturated rings. The van der Waals surface area contributed by atoms with Crippen molar-refractivity contribution in [3.8, 4) is 0 Å². The third-order valence-electron chi connectivity index (χ3n) is 3.33. The van der Waals surface area contributed by atoms with Crippen LogP contribution in [0.3, 0.4) is 0 Å². The van der Waals surface area contributed by atoms with E-state index in [2.05, 4.69) is 22.4 Å². The number of aromatic nitrogens is 1. The van der Waals surface area contributed by atoms with Gasteiger partial charge < -0.3 is 16.2 Å². The minimum atomic E-state index is -0.238. The summed E-state index contributed by atoms with van der Waals surface area (Å²) in [5.41, 5.74) is 7.01. The predicted molar refractivity (Wildman–Crippen MR) is 67.5 cm³/mol. The van der Waals surface area contributed by atoms with E-state index in [1.807, 2.05) is 12.1 Å². The number of benzene rings is 1. The minimum Gasteiger partial charge on any atom is -0.392 e. The Hall–Kier alpha value is -1.65. The highest BCUT2D eigenvalue weighted by atomic mass is 16.3. The molecule has 0 amide bonds. The molecular formula is C13H15N3O. The summed E-state index contributed by atoms with van der Waals surface area (Å²) in [6, 6.07) is 8.36. The summed E-state index contributed by atoms with van der Waals surface area (Å²) in [6.45, 7) is 0.668. The van der Waals surface area contributed by atoms with Crippen LogP contribution >= 0.6 is 0 Å². The van der Waals surface area contributed by atoms with Gasteiger partial charge in [0, 0.05) is 24.2 Å². The van der Waals surface area contributed by atoms with Crippen LogP contribution in [0.4, 0.5) is 5.82 Å². The normalized spacial score (nSPS) is 24.3. The smallest absolute Gasteiger partial charge is 0.131 e. The lowest BCUT2D eigenvalue weighted by Crippen LogP contribution is -2.14. The second-order valence-corrected chi connectivity index (χ2v) is 4.53. The molecule has 88 valence electrons. The third kappa shape index (κ3) is 1.85. The maximum Gasteiger partial charge on any atom is 0.131 e. The van der Waals surface area contributed by atoms with Gasteiger partial charge in [-0.2, -0.15) is 0 Å². The molecule has 2 heterocycles. The third-order valence-corrected chi connectivity index (χ3v) is 3.33. The quantitative estimate of drug-likeness (QED) is 0.687. The van der Waals surface area contributed by atoms with E-state index in [0.29, 0.717) is 12.4 Å². The molecule has 1 aliphatic heterocycles. The number of fused-ring (bicyclic) bond motifs is 1. The zero-order valence-corrected chi connectivity index (χ0v) is 9.43. The van der Waals surface area contributed by atoms with E-state index in [4.69, 9.17) is 5.73 Å². The Labute approximate surface area is 99.5 Å². The van der Waals surface area contributed by atoms with Gasteiger partial charge in [0.2, 0.25) is 0 Å². The number of rotatable bonds is 1. The topological polar surface area (TPSA) is 71.2 Å². The number of hydrogen-bond acceptors (Lipinski definition) is 4. The molecule has 0 unspecified atom stereocenters. The number of anilines is 1. The van der Waals surface area contributed by atoms with Crippen LogP contribution in [0.5, 0.6) is 0 Å².